The third-order valence-electron chi connectivity index (χ3n) is 2.44. The van der Waals surface area contributed by atoms with Crippen molar-refractivity contribution in [3.8, 4) is 5.75 Å². The van der Waals surface area contributed by atoms with Crippen molar-refractivity contribution in [2.45, 2.75) is 32.8 Å². The first kappa shape index (κ1) is 12.0. The average molecular weight is 212 g/mol. The van der Waals surface area contributed by atoms with Gasteiger partial charge < -0.3 is 9.84 Å². The summed E-state index contributed by atoms with van der Waals surface area (Å²) in [5.74, 6) is 1.06. The molecule has 1 atom stereocenters. The Morgan fingerprint density at radius 2 is 2.20 bits per heavy atom. The lowest BCUT2D eigenvalue weighted by Crippen LogP contribution is -2.27. The minimum Gasteiger partial charge on any atom is -0.493 e. The van der Waals surface area contributed by atoms with Gasteiger partial charge >= 0.3 is 0 Å². The summed E-state index contributed by atoms with van der Waals surface area (Å²) in [4.78, 5) is 0. The van der Waals surface area contributed by atoms with Crippen molar-refractivity contribution in [2.24, 2.45) is 13.0 Å². The van der Waals surface area contributed by atoms with Gasteiger partial charge in [0.2, 0.25) is 0 Å². The van der Waals surface area contributed by atoms with E-state index in [4.69, 9.17) is 4.74 Å². The van der Waals surface area contributed by atoms with Crippen molar-refractivity contribution in [3.63, 3.8) is 0 Å². The Balaban J connectivity index is 3.07. The molecule has 0 bridgehead atoms. The minimum atomic E-state index is -0.898. The molecule has 86 valence electrons. The number of aryl methyl sites for hydroxylation is 1. The maximum Gasteiger partial charge on any atom is 0.162 e. The Bertz CT molecular complexity index is 329. The zero-order valence-corrected chi connectivity index (χ0v) is 10.1. The lowest BCUT2D eigenvalue weighted by molar-refractivity contribution is 0.0246. The van der Waals surface area contributed by atoms with Gasteiger partial charge in [0, 0.05) is 7.05 Å². The predicted molar refractivity (Wildman–Crippen MR) is 58.8 cm³/mol. The van der Waals surface area contributed by atoms with Crippen LogP contribution in [-0.2, 0) is 12.6 Å². The van der Waals surface area contributed by atoms with Crippen molar-refractivity contribution >= 4 is 0 Å². The quantitative estimate of drug-likeness (QED) is 0.826. The standard InChI is InChI=1S/C11H20N2O2/c1-8(2)6-11(3,14)10-9(15-5)7-12-13(10)4/h7-8,14H,6H2,1-5H3. The monoisotopic (exact) mass is 212 g/mol. The van der Waals surface area contributed by atoms with E-state index >= 15 is 0 Å². The first-order valence-corrected chi connectivity index (χ1v) is 5.17. The Kier molecular flexibility index (Phi) is 3.39. The summed E-state index contributed by atoms with van der Waals surface area (Å²) in [5, 5.41) is 14.5. The van der Waals surface area contributed by atoms with Crippen molar-refractivity contribution < 1.29 is 9.84 Å². The fourth-order valence-electron chi connectivity index (χ4n) is 2.07. The average Bonchev–Trinajstić information content (AvgIpc) is 2.44. The van der Waals surface area contributed by atoms with Crippen LogP contribution in [0.3, 0.4) is 0 Å². The van der Waals surface area contributed by atoms with E-state index in [0.29, 0.717) is 18.1 Å². The number of hydrogen-bond donors (Lipinski definition) is 1. The molecule has 0 saturated carbocycles. The van der Waals surface area contributed by atoms with Gasteiger partial charge in [-0.1, -0.05) is 13.8 Å². The summed E-state index contributed by atoms with van der Waals surface area (Å²) in [6.07, 6.45) is 2.31. The second-order valence-corrected chi connectivity index (χ2v) is 4.56. The predicted octanol–water partition coefficient (Wildman–Crippen LogP) is 1.68. The van der Waals surface area contributed by atoms with Crippen LogP contribution in [0.15, 0.2) is 6.20 Å². The lowest BCUT2D eigenvalue weighted by Gasteiger charge is -2.26. The van der Waals surface area contributed by atoms with E-state index in [9.17, 15) is 5.11 Å². The molecule has 0 fully saturated rings. The van der Waals surface area contributed by atoms with Crippen LogP contribution in [0.4, 0.5) is 0 Å². The van der Waals surface area contributed by atoms with Crippen LogP contribution < -0.4 is 4.74 Å². The van der Waals surface area contributed by atoms with Gasteiger partial charge in [-0.25, -0.2) is 0 Å². The molecule has 0 aliphatic rings. The second kappa shape index (κ2) is 4.23. The third kappa shape index (κ3) is 2.50. The third-order valence-corrected chi connectivity index (χ3v) is 2.44. The molecule has 0 aliphatic heterocycles. The molecule has 0 spiro atoms. The molecule has 1 heterocycles. The van der Waals surface area contributed by atoms with Crippen LogP contribution in [0, 0.1) is 5.92 Å². The molecule has 1 rings (SSSR count). The number of hydrogen-bond acceptors (Lipinski definition) is 3. The van der Waals surface area contributed by atoms with Gasteiger partial charge in [-0.2, -0.15) is 5.10 Å². The van der Waals surface area contributed by atoms with Crippen LogP contribution in [0.2, 0.25) is 0 Å². The van der Waals surface area contributed by atoms with Gasteiger partial charge in [0.25, 0.3) is 0 Å². The smallest absolute Gasteiger partial charge is 0.162 e. The fraction of sp³-hybridized carbons (Fsp3) is 0.727. The fourth-order valence-corrected chi connectivity index (χ4v) is 2.07. The van der Waals surface area contributed by atoms with Crippen LogP contribution in [0.25, 0.3) is 0 Å². The largest absolute Gasteiger partial charge is 0.493 e. The Morgan fingerprint density at radius 1 is 1.60 bits per heavy atom. The molecule has 0 aromatic carbocycles. The minimum absolute atomic E-state index is 0.416. The maximum atomic E-state index is 10.4. The summed E-state index contributed by atoms with van der Waals surface area (Å²) in [7, 11) is 3.40. The summed E-state index contributed by atoms with van der Waals surface area (Å²) >= 11 is 0. The topological polar surface area (TPSA) is 47.3 Å². The normalized spacial score (nSPS) is 15.4. The summed E-state index contributed by atoms with van der Waals surface area (Å²) in [6.45, 7) is 5.96. The van der Waals surface area contributed by atoms with Gasteiger partial charge in [-0.3, -0.25) is 4.68 Å². The Labute approximate surface area is 90.9 Å². The van der Waals surface area contributed by atoms with Crippen molar-refractivity contribution in [1.82, 2.24) is 9.78 Å². The van der Waals surface area contributed by atoms with Crippen LogP contribution in [0.5, 0.6) is 5.75 Å². The Morgan fingerprint density at radius 3 is 2.67 bits per heavy atom. The number of aromatic nitrogens is 2. The van der Waals surface area contributed by atoms with Gasteiger partial charge in [0.15, 0.2) is 5.75 Å². The number of nitrogens with zero attached hydrogens (tertiary/aromatic N) is 2. The summed E-state index contributed by atoms with van der Waals surface area (Å²) in [6, 6.07) is 0. The highest BCUT2D eigenvalue weighted by Gasteiger charge is 2.31. The van der Waals surface area contributed by atoms with Crippen molar-refractivity contribution in [1.29, 1.82) is 0 Å². The van der Waals surface area contributed by atoms with E-state index in [2.05, 4.69) is 18.9 Å². The van der Waals surface area contributed by atoms with E-state index in [-0.39, 0.29) is 0 Å². The highest BCUT2D eigenvalue weighted by Crippen LogP contribution is 2.33. The van der Waals surface area contributed by atoms with Crippen molar-refractivity contribution in [3.05, 3.63) is 11.9 Å². The number of aliphatic hydroxyl groups is 1. The molecule has 0 saturated heterocycles. The van der Waals surface area contributed by atoms with E-state index in [0.717, 1.165) is 5.69 Å². The first-order chi connectivity index (χ1) is 6.88. The molecule has 1 unspecified atom stereocenters. The van der Waals surface area contributed by atoms with E-state index in [1.807, 2.05) is 7.05 Å². The summed E-state index contributed by atoms with van der Waals surface area (Å²) < 4.78 is 6.86. The lowest BCUT2D eigenvalue weighted by atomic mass is 9.91. The van der Waals surface area contributed by atoms with Gasteiger partial charge in [0.05, 0.1) is 13.3 Å². The molecule has 0 amide bonds. The van der Waals surface area contributed by atoms with Gasteiger partial charge in [0.1, 0.15) is 11.3 Å². The van der Waals surface area contributed by atoms with Gasteiger partial charge in [-0.05, 0) is 19.3 Å². The van der Waals surface area contributed by atoms with Crippen molar-refractivity contribution in [2.75, 3.05) is 7.11 Å². The van der Waals surface area contributed by atoms with Gasteiger partial charge in [-0.15, -0.1) is 0 Å². The molecular weight excluding hydrogens is 192 g/mol. The number of ether oxygens (including phenoxy) is 1. The molecule has 15 heavy (non-hydrogen) atoms. The SMILES string of the molecule is COc1cnn(C)c1C(C)(O)CC(C)C. The molecule has 1 aromatic heterocycles. The van der Waals surface area contributed by atoms with Crippen LogP contribution in [0.1, 0.15) is 32.9 Å². The van der Waals surface area contributed by atoms with E-state index in [1.165, 1.54) is 0 Å². The highest BCUT2D eigenvalue weighted by atomic mass is 16.5. The molecule has 0 radical (unpaired) electrons. The molecule has 4 nitrogen and oxygen atoms in total. The van der Waals surface area contributed by atoms with E-state index in [1.54, 1.807) is 24.9 Å². The van der Waals surface area contributed by atoms with Crippen LogP contribution in [-0.4, -0.2) is 22.0 Å². The number of methoxy groups -OCH3 is 1. The second-order valence-electron chi connectivity index (χ2n) is 4.56. The molecular formula is C11H20N2O2. The zero-order chi connectivity index (χ0) is 11.6. The molecule has 0 aliphatic carbocycles. The molecule has 4 heteroatoms. The Hall–Kier alpha value is -1.03. The zero-order valence-electron chi connectivity index (χ0n) is 10.1. The van der Waals surface area contributed by atoms with E-state index < -0.39 is 5.60 Å². The van der Waals surface area contributed by atoms with Crippen LogP contribution >= 0.6 is 0 Å². The molecule has 1 aromatic rings. The first-order valence-electron chi connectivity index (χ1n) is 5.17. The summed E-state index contributed by atoms with van der Waals surface area (Å²) in [5.41, 5.74) is -0.163. The highest BCUT2D eigenvalue weighted by molar-refractivity contribution is 5.30. The molecule has 1 N–H and O–H groups in total. The maximum absolute atomic E-state index is 10.4. The number of rotatable bonds is 4.